The molecule has 0 bridgehead atoms. The normalized spacial score (nSPS) is 12.0. The zero-order chi connectivity index (χ0) is 22.7. The summed E-state index contributed by atoms with van der Waals surface area (Å²) in [6, 6.07) is 7.93. The predicted molar refractivity (Wildman–Crippen MR) is 112 cm³/mol. The van der Waals surface area contributed by atoms with E-state index in [0.29, 0.717) is 16.7 Å². The Balaban J connectivity index is 2.29. The van der Waals surface area contributed by atoms with Gasteiger partial charge in [0, 0.05) is 31.9 Å². The number of hydrogen-bond acceptors (Lipinski definition) is 8. The van der Waals surface area contributed by atoms with E-state index in [-0.39, 0.29) is 30.1 Å². The first-order chi connectivity index (χ1) is 14.8. The van der Waals surface area contributed by atoms with E-state index in [0.717, 1.165) is 6.07 Å². The molecule has 0 aliphatic heterocycles. The Bertz CT molecular complexity index is 1240. The third-order valence-electron chi connectivity index (χ3n) is 5.04. The number of rotatable bonds is 7. The van der Waals surface area contributed by atoms with Gasteiger partial charge in [0.15, 0.2) is 5.76 Å². The Hall–Kier alpha value is -3.59. The zero-order valence-corrected chi connectivity index (χ0v) is 17.6. The van der Waals surface area contributed by atoms with Crippen LogP contribution < -0.4 is 15.7 Å². The largest absolute Gasteiger partial charge is 0.502 e. The molecule has 0 aliphatic rings. The van der Waals surface area contributed by atoms with Gasteiger partial charge in [0.05, 0.1) is 32.1 Å². The number of benzene rings is 1. The molecule has 9 heteroatoms. The van der Waals surface area contributed by atoms with Crippen LogP contribution >= 0.6 is 0 Å². The van der Waals surface area contributed by atoms with E-state index in [1.165, 1.54) is 25.9 Å². The SMILES string of the molecule is COCc1cc(=O)c(O)c([C@@H](CC(=O)OC)c2cc3ccc(OC)cc3n(C)c2=O)o1. The van der Waals surface area contributed by atoms with Crippen LogP contribution in [-0.4, -0.2) is 37.0 Å². The number of methoxy groups -OCH3 is 3. The smallest absolute Gasteiger partial charge is 0.306 e. The molecular weight excluding hydrogens is 406 g/mol. The van der Waals surface area contributed by atoms with Crippen LogP contribution in [0.5, 0.6) is 11.5 Å². The second-order valence-electron chi connectivity index (χ2n) is 6.94. The maximum Gasteiger partial charge on any atom is 0.306 e. The van der Waals surface area contributed by atoms with Gasteiger partial charge in [-0.3, -0.25) is 14.4 Å². The highest BCUT2D eigenvalue weighted by Crippen LogP contribution is 2.33. The molecular formula is C22H23NO8. The number of hydrogen-bond donors (Lipinski definition) is 1. The molecule has 2 aromatic heterocycles. The second kappa shape index (κ2) is 9.05. The Labute approximate surface area is 177 Å². The van der Waals surface area contributed by atoms with Crippen molar-refractivity contribution in [2.24, 2.45) is 7.05 Å². The van der Waals surface area contributed by atoms with Gasteiger partial charge in [0.1, 0.15) is 18.1 Å². The quantitative estimate of drug-likeness (QED) is 0.567. The molecule has 31 heavy (non-hydrogen) atoms. The molecule has 2 heterocycles. The number of carbonyl (C=O) groups excluding carboxylic acids is 1. The maximum absolute atomic E-state index is 13.2. The van der Waals surface area contributed by atoms with Crippen molar-refractivity contribution >= 4 is 16.9 Å². The number of carbonyl (C=O) groups is 1. The topological polar surface area (TPSA) is 117 Å². The van der Waals surface area contributed by atoms with Gasteiger partial charge in [0.2, 0.25) is 11.2 Å². The van der Waals surface area contributed by atoms with Gasteiger partial charge in [-0.2, -0.15) is 0 Å². The molecule has 0 amide bonds. The first kappa shape index (κ1) is 22.1. The first-order valence-corrected chi connectivity index (χ1v) is 9.40. The molecule has 1 aromatic carbocycles. The van der Waals surface area contributed by atoms with Crippen molar-refractivity contribution < 1.29 is 28.5 Å². The van der Waals surface area contributed by atoms with Crippen LogP contribution in [-0.2, 0) is 27.9 Å². The highest BCUT2D eigenvalue weighted by atomic mass is 16.5. The predicted octanol–water partition coefficient (Wildman–Crippen LogP) is 2.05. The van der Waals surface area contributed by atoms with Crippen LogP contribution in [0, 0.1) is 0 Å². The molecule has 0 radical (unpaired) electrons. The molecule has 0 saturated carbocycles. The summed E-state index contributed by atoms with van der Waals surface area (Å²) in [5.74, 6) is -1.83. The van der Waals surface area contributed by atoms with Crippen molar-refractivity contribution in [1.82, 2.24) is 4.57 Å². The number of pyridine rings is 1. The molecule has 1 N–H and O–H groups in total. The van der Waals surface area contributed by atoms with Crippen LogP contribution in [0.3, 0.4) is 0 Å². The van der Waals surface area contributed by atoms with Crippen molar-refractivity contribution in [1.29, 1.82) is 0 Å². The minimum Gasteiger partial charge on any atom is -0.502 e. The van der Waals surface area contributed by atoms with Gasteiger partial charge in [-0.1, -0.05) is 0 Å². The second-order valence-corrected chi connectivity index (χ2v) is 6.94. The molecule has 3 rings (SSSR count). The summed E-state index contributed by atoms with van der Waals surface area (Å²) in [6.07, 6.45) is -0.319. The molecule has 164 valence electrons. The van der Waals surface area contributed by atoms with Crippen molar-refractivity contribution in [2.45, 2.75) is 18.9 Å². The van der Waals surface area contributed by atoms with E-state index in [9.17, 15) is 19.5 Å². The monoisotopic (exact) mass is 429 g/mol. The highest BCUT2D eigenvalue weighted by molar-refractivity contribution is 5.82. The van der Waals surface area contributed by atoms with Crippen LogP contribution in [0.25, 0.3) is 10.9 Å². The van der Waals surface area contributed by atoms with E-state index in [1.54, 1.807) is 31.3 Å². The minimum atomic E-state index is -1.05. The molecule has 0 saturated heterocycles. The average molecular weight is 429 g/mol. The highest BCUT2D eigenvalue weighted by Gasteiger charge is 2.29. The molecule has 0 spiro atoms. The third kappa shape index (κ3) is 4.31. The fourth-order valence-corrected chi connectivity index (χ4v) is 3.44. The van der Waals surface area contributed by atoms with Gasteiger partial charge in [-0.05, 0) is 23.6 Å². The number of fused-ring (bicyclic) bond motifs is 1. The first-order valence-electron chi connectivity index (χ1n) is 9.40. The fourth-order valence-electron chi connectivity index (χ4n) is 3.44. The fraction of sp³-hybridized carbons (Fsp3) is 0.318. The molecule has 0 unspecified atom stereocenters. The number of nitrogens with zero attached hydrogens (tertiary/aromatic N) is 1. The Morgan fingerprint density at radius 1 is 1.16 bits per heavy atom. The number of aryl methyl sites for hydroxylation is 1. The lowest BCUT2D eigenvalue weighted by Crippen LogP contribution is -2.26. The van der Waals surface area contributed by atoms with Crippen LogP contribution in [0.4, 0.5) is 0 Å². The summed E-state index contributed by atoms with van der Waals surface area (Å²) in [5.41, 5.74) is -0.346. The van der Waals surface area contributed by atoms with Gasteiger partial charge in [0.25, 0.3) is 5.56 Å². The third-order valence-corrected chi connectivity index (χ3v) is 5.04. The van der Waals surface area contributed by atoms with Crippen molar-refractivity contribution in [2.75, 3.05) is 21.3 Å². The van der Waals surface area contributed by atoms with Gasteiger partial charge < -0.3 is 28.3 Å². The summed E-state index contributed by atoms with van der Waals surface area (Å²) >= 11 is 0. The van der Waals surface area contributed by atoms with Gasteiger partial charge >= 0.3 is 5.97 Å². The van der Waals surface area contributed by atoms with Crippen molar-refractivity contribution in [3.05, 3.63) is 68.0 Å². The summed E-state index contributed by atoms with van der Waals surface area (Å²) < 4.78 is 22.1. The number of aromatic hydroxyl groups is 1. The lowest BCUT2D eigenvalue weighted by Gasteiger charge is -2.19. The molecule has 0 aliphatic carbocycles. The number of esters is 1. The molecule has 3 aromatic rings. The number of ether oxygens (including phenoxy) is 3. The molecule has 9 nitrogen and oxygen atoms in total. The van der Waals surface area contributed by atoms with Gasteiger partial charge in [-0.15, -0.1) is 0 Å². The van der Waals surface area contributed by atoms with E-state index < -0.39 is 28.6 Å². The van der Waals surface area contributed by atoms with Crippen LogP contribution in [0.1, 0.15) is 29.4 Å². The number of aromatic nitrogens is 1. The van der Waals surface area contributed by atoms with Crippen LogP contribution in [0.2, 0.25) is 0 Å². The van der Waals surface area contributed by atoms with Crippen LogP contribution in [0.15, 0.2) is 44.3 Å². The van der Waals surface area contributed by atoms with E-state index >= 15 is 0 Å². The maximum atomic E-state index is 13.2. The lowest BCUT2D eigenvalue weighted by atomic mass is 9.92. The summed E-state index contributed by atoms with van der Waals surface area (Å²) in [6.45, 7) is -0.0248. The Morgan fingerprint density at radius 2 is 1.90 bits per heavy atom. The minimum absolute atomic E-state index is 0.0248. The summed E-state index contributed by atoms with van der Waals surface area (Å²) in [4.78, 5) is 37.6. The molecule has 1 atom stereocenters. The van der Waals surface area contributed by atoms with Crippen molar-refractivity contribution in [3.63, 3.8) is 0 Å². The van der Waals surface area contributed by atoms with E-state index in [2.05, 4.69) is 0 Å². The summed E-state index contributed by atoms with van der Waals surface area (Å²) in [5, 5.41) is 11.1. The zero-order valence-electron chi connectivity index (χ0n) is 17.6. The van der Waals surface area contributed by atoms with E-state index in [4.69, 9.17) is 18.6 Å². The summed E-state index contributed by atoms with van der Waals surface area (Å²) in [7, 11) is 5.74. The van der Waals surface area contributed by atoms with E-state index in [1.807, 2.05) is 0 Å². The average Bonchev–Trinajstić information content (AvgIpc) is 2.77. The molecule has 0 fully saturated rings. The van der Waals surface area contributed by atoms with Crippen molar-refractivity contribution in [3.8, 4) is 11.5 Å². The Kier molecular flexibility index (Phi) is 6.45. The lowest BCUT2D eigenvalue weighted by molar-refractivity contribution is -0.140. The Morgan fingerprint density at radius 3 is 2.55 bits per heavy atom. The standard InChI is InChI=1S/C22H23NO8/c1-23-17-8-13(29-3)6-5-12(17)7-16(22(23)27)15(10-19(25)30-4)21-20(26)18(24)9-14(31-21)11-28-2/h5-9,15,26H,10-11H2,1-4H3/t15-/m0/s1. The van der Waals surface area contributed by atoms with Gasteiger partial charge in [-0.25, -0.2) is 0 Å².